The SMILES string of the molecule is Cc1ccc(-c2nc(CC(=O)C3CC3)cn3nc(CF)nc23)o1. The number of hydrogen-bond acceptors (Lipinski definition) is 5. The first kappa shape index (κ1) is 14.0. The Labute approximate surface area is 131 Å². The molecule has 3 aromatic rings. The van der Waals surface area contributed by atoms with E-state index >= 15 is 0 Å². The molecule has 0 radical (unpaired) electrons. The van der Waals surface area contributed by atoms with Gasteiger partial charge in [-0.2, -0.15) is 0 Å². The lowest BCUT2D eigenvalue weighted by atomic mass is 10.1. The second-order valence-electron chi connectivity index (χ2n) is 5.84. The summed E-state index contributed by atoms with van der Waals surface area (Å²) in [5.41, 5.74) is 1.50. The predicted octanol–water partition coefficient (Wildman–Crippen LogP) is 2.68. The van der Waals surface area contributed by atoms with Gasteiger partial charge in [-0.15, -0.1) is 5.10 Å². The summed E-state index contributed by atoms with van der Waals surface area (Å²) in [6, 6.07) is 3.61. The standard InChI is InChI=1S/C16H15FN4O2/c1-9-2-5-13(23-9)15-16-19-14(7-17)20-21(16)8-11(18-15)6-12(22)10-3-4-10/h2,5,8,10H,3-4,6-7H2,1H3. The van der Waals surface area contributed by atoms with Gasteiger partial charge in [0.1, 0.15) is 11.5 Å². The van der Waals surface area contributed by atoms with Crippen LogP contribution in [0.25, 0.3) is 17.1 Å². The van der Waals surface area contributed by atoms with Gasteiger partial charge in [-0.1, -0.05) is 0 Å². The van der Waals surface area contributed by atoms with E-state index in [1.807, 2.05) is 13.0 Å². The third-order valence-electron chi connectivity index (χ3n) is 3.89. The fraction of sp³-hybridized carbons (Fsp3) is 0.375. The Morgan fingerprint density at radius 1 is 1.39 bits per heavy atom. The van der Waals surface area contributed by atoms with Gasteiger partial charge in [-0.25, -0.2) is 18.9 Å². The number of Topliss-reactive ketones (excluding diaryl/α,β-unsaturated/α-hetero) is 1. The first-order chi connectivity index (χ1) is 11.1. The molecule has 0 aromatic carbocycles. The van der Waals surface area contributed by atoms with E-state index in [2.05, 4.69) is 15.1 Å². The molecule has 3 heterocycles. The fourth-order valence-electron chi connectivity index (χ4n) is 2.58. The van der Waals surface area contributed by atoms with Crippen molar-refractivity contribution in [2.45, 2.75) is 32.9 Å². The number of furan rings is 1. The van der Waals surface area contributed by atoms with Crippen molar-refractivity contribution in [3.63, 3.8) is 0 Å². The van der Waals surface area contributed by atoms with Gasteiger partial charge < -0.3 is 4.42 Å². The second-order valence-corrected chi connectivity index (χ2v) is 5.84. The second kappa shape index (κ2) is 5.26. The number of halogens is 1. The molecular formula is C16H15FN4O2. The van der Waals surface area contributed by atoms with Crippen LogP contribution in [-0.2, 0) is 17.9 Å². The lowest BCUT2D eigenvalue weighted by Crippen LogP contribution is -2.08. The number of aromatic nitrogens is 4. The summed E-state index contributed by atoms with van der Waals surface area (Å²) in [6.45, 7) is 1.08. The molecular weight excluding hydrogens is 299 g/mol. The molecule has 0 unspecified atom stereocenters. The van der Waals surface area contributed by atoms with E-state index < -0.39 is 6.67 Å². The fourth-order valence-corrected chi connectivity index (χ4v) is 2.58. The molecule has 7 heteroatoms. The van der Waals surface area contributed by atoms with E-state index in [9.17, 15) is 9.18 Å². The number of hydrogen-bond donors (Lipinski definition) is 0. The quantitative estimate of drug-likeness (QED) is 0.724. The molecule has 1 saturated carbocycles. The highest BCUT2D eigenvalue weighted by Gasteiger charge is 2.30. The van der Waals surface area contributed by atoms with Crippen LogP contribution in [-0.4, -0.2) is 25.4 Å². The van der Waals surface area contributed by atoms with Gasteiger partial charge in [0, 0.05) is 5.92 Å². The summed E-state index contributed by atoms with van der Waals surface area (Å²) in [4.78, 5) is 20.7. The summed E-state index contributed by atoms with van der Waals surface area (Å²) in [7, 11) is 0. The van der Waals surface area contributed by atoms with Gasteiger partial charge in [0.25, 0.3) is 0 Å². The monoisotopic (exact) mass is 314 g/mol. The molecule has 0 N–H and O–H groups in total. The highest BCUT2D eigenvalue weighted by Crippen LogP contribution is 2.31. The number of alkyl halides is 1. The van der Waals surface area contributed by atoms with Crippen LogP contribution < -0.4 is 0 Å². The van der Waals surface area contributed by atoms with Crippen molar-refractivity contribution in [2.24, 2.45) is 5.92 Å². The van der Waals surface area contributed by atoms with Crippen LogP contribution in [0.4, 0.5) is 4.39 Å². The van der Waals surface area contributed by atoms with Crippen molar-refractivity contribution in [3.8, 4) is 11.5 Å². The molecule has 23 heavy (non-hydrogen) atoms. The molecule has 0 amide bonds. The predicted molar refractivity (Wildman–Crippen MR) is 79.5 cm³/mol. The van der Waals surface area contributed by atoms with Crippen LogP contribution in [0.15, 0.2) is 22.7 Å². The minimum atomic E-state index is -0.755. The minimum Gasteiger partial charge on any atom is -0.460 e. The average molecular weight is 314 g/mol. The van der Waals surface area contributed by atoms with Gasteiger partial charge in [-0.05, 0) is 31.9 Å². The number of fused-ring (bicyclic) bond motifs is 1. The molecule has 1 fully saturated rings. The molecule has 0 spiro atoms. The Hall–Kier alpha value is -2.57. The summed E-state index contributed by atoms with van der Waals surface area (Å²) in [6.07, 6.45) is 3.81. The Morgan fingerprint density at radius 2 is 2.22 bits per heavy atom. The van der Waals surface area contributed by atoms with Gasteiger partial charge in [0.05, 0.1) is 18.3 Å². The summed E-state index contributed by atoms with van der Waals surface area (Å²) in [5, 5.41) is 4.09. The van der Waals surface area contributed by atoms with Crippen molar-refractivity contribution in [2.75, 3.05) is 0 Å². The van der Waals surface area contributed by atoms with E-state index in [0.717, 1.165) is 18.6 Å². The van der Waals surface area contributed by atoms with E-state index in [-0.39, 0.29) is 23.9 Å². The zero-order valence-electron chi connectivity index (χ0n) is 12.6. The Balaban J connectivity index is 1.83. The van der Waals surface area contributed by atoms with Gasteiger partial charge in [-0.3, -0.25) is 4.79 Å². The summed E-state index contributed by atoms with van der Waals surface area (Å²) < 4.78 is 20.0. The van der Waals surface area contributed by atoms with E-state index in [1.165, 1.54) is 4.52 Å². The molecule has 6 nitrogen and oxygen atoms in total. The van der Waals surface area contributed by atoms with Crippen LogP contribution in [0.3, 0.4) is 0 Å². The van der Waals surface area contributed by atoms with Crippen molar-refractivity contribution in [1.82, 2.24) is 19.6 Å². The Bertz CT molecular complexity index is 895. The van der Waals surface area contributed by atoms with Crippen molar-refractivity contribution in [1.29, 1.82) is 0 Å². The summed E-state index contributed by atoms with van der Waals surface area (Å²) in [5.74, 6) is 1.71. The van der Waals surface area contributed by atoms with Crippen molar-refractivity contribution >= 4 is 11.4 Å². The van der Waals surface area contributed by atoms with E-state index in [1.54, 1.807) is 12.3 Å². The topological polar surface area (TPSA) is 73.3 Å². The third kappa shape index (κ3) is 2.62. The molecule has 0 aliphatic heterocycles. The maximum atomic E-state index is 12.9. The number of ketones is 1. The molecule has 118 valence electrons. The van der Waals surface area contributed by atoms with Gasteiger partial charge in [0.15, 0.2) is 29.6 Å². The van der Waals surface area contributed by atoms with Crippen molar-refractivity contribution in [3.05, 3.63) is 35.6 Å². The first-order valence-electron chi connectivity index (χ1n) is 7.54. The molecule has 4 rings (SSSR count). The van der Waals surface area contributed by atoms with Crippen LogP contribution in [0.2, 0.25) is 0 Å². The lowest BCUT2D eigenvalue weighted by molar-refractivity contribution is -0.119. The number of aryl methyl sites for hydroxylation is 1. The van der Waals surface area contributed by atoms with Crippen LogP contribution in [0.1, 0.15) is 30.1 Å². The molecule has 0 atom stereocenters. The maximum absolute atomic E-state index is 12.9. The Kier molecular flexibility index (Phi) is 3.21. The molecule has 0 saturated heterocycles. The van der Waals surface area contributed by atoms with Crippen LogP contribution >= 0.6 is 0 Å². The zero-order chi connectivity index (χ0) is 16.0. The largest absolute Gasteiger partial charge is 0.460 e. The summed E-state index contributed by atoms with van der Waals surface area (Å²) >= 11 is 0. The van der Waals surface area contributed by atoms with E-state index in [0.29, 0.717) is 22.8 Å². The van der Waals surface area contributed by atoms with E-state index in [4.69, 9.17) is 4.42 Å². The van der Waals surface area contributed by atoms with Gasteiger partial charge in [0.2, 0.25) is 0 Å². The zero-order valence-corrected chi connectivity index (χ0v) is 12.6. The van der Waals surface area contributed by atoms with Crippen LogP contribution in [0.5, 0.6) is 0 Å². The normalized spacial score (nSPS) is 14.5. The highest BCUT2D eigenvalue weighted by molar-refractivity contribution is 5.85. The Morgan fingerprint density at radius 3 is 2.87 bits per heavy atom. The smallest absolute Gasteiger partial charge is 0.185 e. The number of nitrogens with zero attached hydrogens (tertiary/aromatic N) is 4. The maximum Gasteiger partial charge on any atom is 0.185 e. The number of carbonyl (C=O) groups excluding carboxylic acids is 1. The lowest BCUT2D eigenvalue weighted by Gasteiger charge is -2.04. The molecule has 3 aromatic heterocycles. The first-order valence-corrected chi connectivity index (χ1v) is 7.54. The molecule has 0 bridgehead atoms. The average Bonchev–Trinajstić information content (AvgIpc) is 3.17. The number of rotatable bonds is 5. The minimum absolute atomic E-state index is 0.0852. The van der Waals surface area contributed by atoms with Crippen molar-refractivity contribution < 1.29 is 13.6 Å². The third-order valence-corrected chi connectivity index (χ3v) is 3.89. The molecule has 1 aliphatic rings. The van der Waals surface area contributed by atoms with Gasteiger partial charge >= 0.3 is 0 Å². The number of carbonyl (C=O) groups is 1. The molecule has 1 aliphatic carbocycles. The highest BCUT2D eigenvalue weighted by atomic mass is 19.1. The van der Waals surface area contributed by atoms with Crippen LogP contribution in [0, 0.1) is 12.8 Å².